The average Bonchev–Trinajstić information content (AvgIpc) is 2.91. The molecule has 1 aliphatic heterocycles. The van der Waals surface area contributed by atoms with E-state index < -0.39 is 53.1 Å². The number of nitrogens with one attached hydrogen (secondary N) is 1. The summed E-state index contributed by atoms with van der Waals surface area (Å²) in [6.45, 7) is 0.958. The molecule has 0 aromatic heterocycles. The van der Waals surface area contributed by atoms with Crippen LogP contribution in [0.2, 0.25) is 0 Å². The molecule has 12 heteroatoms. The number of benzene rings is 2. The van der Waals surface area contributed by atoms with Gasteiger partial charge in [-0.3, -0.25) is 14.8 Å². The Balaban J connectivity index is 1.45. The van der Waals surface area contributed by atoms with Crippen molar-refractivity contribution in [2.45, 2.75) is 56.5 Å². The molecule has 0 unspecified atom stereocenters. The Hall–Kier alpha value is -3.28. The van der Waals surface area contributed by atoms with Crippen LogP contribution in [0, 0.1) is 11.8 Å². The second-order valence-corrected chi connectivity index (χ2v) is 9.99. The lowest BCUT2D eigenvalue weighted by molar-refractivity contribution is -0.149. The summed E-state index contributed by atoms with van der Waals surface area (Å²) in [4.78, 5) is 27.5. The highest BCUT2D eigenvalue weighted by molar-refractivity contribution is 5.87. The average molecular weight is 559 g/mol. The minimum atomic E-state index is -5.03. The maximum atomic E-state index is 13.4. The minimum Gasteiger partial charge on any atom is -0.490 e. The lowest BCUT2D eigenvalue weighted by Gasteiger charge is -2.39. The highest BCUT2D eigenvalue weighted by Crippen LogP contribution is 2.40. The molecule has 3 atom stereocenters. The third kappa shape index (κ3) is 6.84. The lowest BCUT2D eigenvalue weighted by Crippen LogP contribution is -2.49. The van der Waals surface area contributed by atoms with E-state index in [4.69, 9.17) is 4.74 Å². The van der Waals surface area contributed by atoms with Crippen LogP contribution >= 0.6 is 0 Å². The van der Waals surface area contributed by atoms with E-state index in [0.29, 0.717) is 31.1 Å². The van der Waals surface area contributed by atoms with E-state index in [1.165, 1.54) is 11.0 Å². The number of likely N-dealkylation sites (tertiary alicyclic amines) is 1. The molecule has 0 bridgehead atoms. The molecular formula is C27H28F6N2O4. The quantitative estimate of drug-likeness (QED) is 0.276. The van der Waals surface area contributed by atoms with Gasteiger partial charge in [-0.15, -0.1) is 0 Å². The number of hydroxylamine groups is 1. The summed E-state index contributed by atoms with van der Waals surface area (Å²) in [6.07, 6.45) is -9.45. The molecule has 2 aliphatic rings. The summed E-state index contributed by atoms with van der Waals surface area (Å²) in [6, 6.07) is 10.9. The second-order valence-electron chi connectivity index (χ2n) is 9.99. The minimum absolute atomic E-state index is 0.00537. The molecule has 2 aromatic rings. The van der Waals surface area contributed by atoms with Gasteiger partial charge in [-0.1, -0.05) is 30.3 Å². The van der Waals surface area contributed by atoms with Crippen LogP contribution in [0.4, 0.5) is 26.3 Å². The van der Waals surface area contributed by atoms with Crippen LogP contribution in [0.3, 0.4) is 0 Å². The number of hydrogen-bond donors (Lipinski definition) is 2. The first kappa shape index (κ1) is 28.7. The summed E-state index contributed by atoms with van der Waals surface area (Å²) < 4.78 is 84.8. The molecule has 6 nitrogen and oxygen atoms in total. The van der Waals surface area contributed by atoms with Crippen LogP contribution in [0.15, 0.2) is 48.5 Å². The van der Waals surface area contributed by atoms with Crippen LogP contribution < -0.4 is 10.2 Å². The summed E-state index contributed by atoms with van der Waals surface area (Å²) in [5.74, 6) is -3.35. The molecule has 1 saturated heterocycles. The summed E-state index contributed by atoms with van der Waals surface area (Å²) >= 11 is 0. The fourth-order valence-corrected chi connectivity index (χ4v) is 5.49. The monoisotopic (exact) mass is 558 g/mol. The second kappa shape index (κ2) is 11.4. The molecule has 2 aromatic carbocycles. The highest BCUT2D eigenvalue weighted by atomic mass is 19.4. The van der Waals surface area contributed by atoms with Crippen molar-refractivity contribution >= 4 is 11.8 Å². The van der Waals surface area contributed by atoms with Gasteiger partial charge >= 0.3 is 12.4 Å². The van der Waals surface area contributed by atoms with Crippen molar-refractivity contribution in [3.63, 3.8) is 0 Å². The molecule has 0 radical (unpaired) electrons. The Morgan fingerprint density at radius 2 is 1.44 bits per heavy atom. The van der Waals surface area contributed by atoms with Crippen molar-refractivity contribution < 1.29 is 45.9 Å². The van der Waals surface area contributed by atoms with Gasteiger partial charge in [-0.25, -0.2) is 5.48 Å². The van der Waals surface area contributed by atoms with E-state index in [1.807, 2.05) is 30.3 Å². The summed E-state index contributed by atoms with van der Waals surface area (Å²) in [5.41, 5.74) is -0.314. The van der Waals surface area contributed by atoms with Gasteiger partial charge in [-0.2, -0.15) is 26.3 Å². The van der Waals surface area contributed by atoms with Gasteiger partial charge in [0.15, 0.2) is 0 Å². The zero-order valence-electron chi connectivity index (χ0n) is 20.8. The molecule has 1 saturated carbocycles. The predicted molar refractivity (Wildman–Crippen MR) is 127 cm³/mol. The number of halogens is 6. The van der Waals surface area contributed by atoms with Crippen molar-refractivity contribution in [3.8, 4) is 5.75 Å². The fourth-order valence-electron chi connectivity index (χ4n) is 5.49. The van der Waals surface area contributed by atoms with E-state index in [2.05, 4.69) is 0 Å². The lowest BCUT2D eigenvalue weighted by atomic mass is 9.76. The standard InChI is InChI=1S/C27H28F6N2O4/c28-26(29,30)18-12-19(27(31,32)33)14-21(13-18)39-20-6-7-22(23(15-20)24(36)34-38)25(37)35-10-8-17(9-11-35)16-4-2-1-3-5-16/h1-5,12-14,17,20,22-23,38H,6-11,15H2,(H,34,36)/t20-,22+,23+/m1/s1. The molecule has 39 heavy (non-hydrogen) atoms. The van der Waals surface area contributed by atoms with Gasteiger partial charge in [0.25, 0.3) is 0 Å². The molecule has 212 valence electrons. The zero-order chi connectivity index (χ0) is 28.4. The number of hydrogen-bond acceptors (Lipinski definition) is 4. The number of amides is 2. The molecular weight excluding hydrogens is 530 g/mol. The van der Waals surface area contributed by atoms with Crippen molar-refractivity contribution in [1.29, 1.82) is 0 Å². The first-order valence-electron chi connectivity index (χ1n) is 12.6. The first-order valence-corrected chi connectivity index (χ1v) is 12.6. The molecule has 1 heterocycles. The van der Waals surface area contributed by atoms with E-state index in [0.717, 1.165) is 12.8 Å². The Morgan fingerprint density at radius 3 is 1.97 bits per heavy atom. The van der Waals surface area contributed by atoms with Crippen molar-refractivity contribution in [2.24, 2.45) is 11.8 Å². The normalized spacial score (nSPS) is 22.8. The van der Waals surface area contributed by atoms with Crippen molar-refractivity contribution in [1.82, 2.24) is 10.4 Å². The Morgan fingerprint density at radius 1 is 0.846 bits per heavy atom. The van der Waals surface area contributed by atoms with Crippen LogP contribution in [-0.2, 0) is 21.9 Å². The smallest absolute Gasteiger partial charge is 0.416 e. The molecule has 4 rings (SSSR count). The van der Waals surface area contributed by atoms with Crippen molar-refractivity contribution in [3.05, 3.63) is 65.2 Å². The SMILES string of the molecule is O=C(NO)[C@H]1C[C@H](Oc2cc(C(F)(F)F)cc(C(F)(F)F)c2)CC[C@@H]1C(=O)N1CCC(c2ccccc2)CC1. The number of rotatable bonds is 5. The third-order valence-electron chi connectivity index (χ3n) is 7.51. The largest absolute Gasteiger partial charge is 0.490 e. The molecule has 2 fully saturated rings. The fraction of sp³-hybridized carbons (Fsp3) is 0.481. The van der Waals surface area contributed by atoms with Gasteiger partial charge in [0, 0.05) is 13.1 Å². The Labute approximate surface area is 220 Å². The van der Waals surface area contributed by atoms with Crippen LogP contribution in [0.1, 0.15) is 54.7 Å². The summed E-state index contributed by atoms with van der Waals surface area (Å²) in [5, 5.41) is 9.27. The van der Waals surface area contributed by atoms with Crippen LogP contribution in [0.5, 0.6) is 5.75 Å². The molecule has 2 N–H and O–H groups in total. The van der Waals surface area contributed by atoms with Crippen molar-refractivity contribution in [2.75, 3.05) is 13.1 Å². The van der Waals surface area contributed by atoms with E-state index in [1.54, 1.807) is 4.90 Å². The third-order valence-corrected chi connectivity index (χ3v) is 7.51. The molecule has 1 aliphatic carbocycles. The van der Waals surface area contributed by atoms with Gasteiger partial charge < -0.3 is 9.64 Å². The van der Waals surface area contributed by atoms with Crippen LogP contribution in [-0.4, -0.2) is 41.1 Å². The number of ether oxygens (including phenoxy) is 1. The van der Waals surface area contributed by atoms with E-state index in [9.17, 15) is 41.1 Å². The Bertz CT molecular complexity index is 1130. The Kier molecular flexibility index (Phi) is 8.43. The molecule has 2 amide bonds. The zero-order valence-corrected chi connectivity index (χ0v) is 20.8. The maximum Gasteiger partial charge on any atom is 0.416 e. The summed E-state index contributed by atoms with van der Waals surface area (Å²) in [7, 11) is 0. The number of nitrogens with zero attached hydrogens (tertiary/aromatic N) is 1. The first-order chi connectivity index (χ1) is 18.4. The van der Waals surface area contributed by atoms with Gasteiger partial charge in [0.2, 0.25) is 11.8 Å². The number of piperidine rings is 1. The van der Waals surface area contributed by atoms with Gasteiger partial charge in [-0.05, 0) is 61.8 Å². The number of alkyl halides is 6. The number of carbonyl (C=O) groups excluding carboxylic acids is 2. The van der Waals surface area contributed by atoms with Gasteiger partial charge in [0.1, 0.15) is 5.75 Å². The van der Waals surface area contributed by atoms with E-state index >= 15 is 0 Å². The number of carbonyl (C=O) groups is 2. The topological polar surface area (TPSA) is 78.9 Å². The molecule has 0 spiro atoms. The van der Waals surface area contributed by atoms with Crippen LogP contribution in [0.25, 0.3) is 0 Å². The highest BCUT2D eigenvalue weighted by Gasteiger charge is 2.43. The predicted octanol–water partition coefficient (Wildman–Crippen LogP) is 5.80. The van der Waals surface area contributed by atoms with Gasteiger partial charge in [0.05, 0.1) is 29.1 Å². The van der Waals surface area contributed by atoms with E-state index in [-0.39, 0.29) is 31.2 Å². The maximum absolute atomic E-state index is 13.4.